The fourth-order valence-corrected chi connectivity index (χ4v) is 2.50. The number of rotatable bonds is 2. The van der Waals surface area contributed by atoms with Crippen molar-refractivity contribution in [2.45, 2.75) is 6.61 Å². The molecule has 2 heteroatoms. The molecule has 0 unspecified atom stereocenters. The van der Waals surface area contributed by atoms with Crippen molar-refractivity contribution in [2.24, 2.45) is 0 Å². The first-order valence-electron chi connectivity index (χ1n) is 6.16. The summed E-state index contributed by atoms with van der Waals surface area (Å²) in [5.41, 5.74) is 3.07. The van der Waals surface area contributed by atoms with Gasteiger partial charge in [0.25, 0.3) is 0 Å². The fraction of sp³-hybridized carbons (Fsp3) is 0.0588. The lowest BCUT2D eigenvalue weighted by Crippen LogP contribution is -1.84. The Balaban J connectivity index is 2.15. The highest BCUT2D eigenvalue weighted by atomic mass is 35.5. The topological polar surface area (TPSA) is 20.2 Å². The van der Waals surface area contributed by atoms with Gasteiger partial charge in [0.15, 0.2) is 0 Å². The minimum absolute atomic E-state index is 0.0716. The Kier molecular flexibility index (Phi) is 3.24. The van der Waals surface area contributed by atoms with E-state index in [2.05, 4.69) is 18.2 Å². The highest BCUT2D eigenvalue weighted by molar-refractivity contribution is 6.33. The molecule has 0 saturated heterocycles. The van der Waals surface area contributed by atoms with Gasteiger partial charge in [0.1, 0.15) is 0 Å². The molecule has 3 aromatic carbocycles. The van der Waals surface area contributed by atoms with Gasteiger partial charge in [0.2, 0.25) is 0 Å². The van der Waals surface area contributed by atoms with Gasteiger partial charge in [-0.25, -0.2) is 0 Å². The predicted octanol–water partition coefficient (Wildman–Crippen LogP) is 4.65. The van der Waals surface area contributed by atoms with Gasteiger partial charge in [-0.2, -0.15) is 0 Å². The van der Waals surface area contributed by atoms with Crippen LogP contribution in [0, 0.1) is 0 Å². The van der Waals surface area contributed by atoms with Crippen molar-refractivity contribution in [3.63, 3.8) is 0 Å². The summed E-state index contributed by atoms with van der Waals surface area (Å²) in [6, 6.07) is 20.1. The van der Waals surface area contributed by atoms with Crippen molar-refractivity contribution in [2.75, 3.05) is 0 Å². The zero-order valence-corrected chi connectivity index (χ0v) is 11.1. The van der Waals surface area contributed by atoms with Crippen LogP contribution in [0.5, 0.6) is 0 Å². The average Bonchev–Trinajstić information content (AvgIpc) is 2.46. The maximum atomic E-state index is 9.15. The van der Waals surface area contributed by atoms with Gasteiger partial charge >= 0.3 is 0 Å². The van der Waals surface area contributed by atoms with Crippen LogP contribution in [0.4, 0.5) is 0 Å². The van der Waals surface area contributed by atoms with E-state index in [4.69, 9.17) is 16.7 Å². The van der Waals surface area contributed by atoms with Crippen LogP contribution >= 0.6 is 11.6 Å². The van der Waals surface area contributed by atoms with E-state index >= 15 is 0 Å². The SMILES string of the molecule is OCc1ccc2cc(-c3ccccc3Cl)ccc2c1. The molecule has 94 valence electrons. The Morgan fingerprint density at radius 3 is 2.37 bits per heavy atom. The van der Waals surface area contributed by atoms with E-state index in [1.807, 2.05) is 42.5 Å². The zero-order chi connectivity index (χ0) is 13.2. The third-order valence-electron chi connectivity index (χ3n) is 3.27. The Morgan fingerprint density at radius 1 is 0.842 bits per heavy atom. The van der Waals surface area contributed by atoms with Gasteiger partial charge in [-0.15, -0.1) is 0 Å². The normalized spacial score (nSPS) is 10.8. The molecule has 3 aromatic rings. The third kappa shape index (κ3) is 2.35. The van der Waals surface area contributed by atoms with E-state index in [0.717, 1.165) is 32.5 Å². The number of benzene rings is 3. The number of fused-ring (bicyclic) bond motifs is 1. The lowest BCUT2D eigenvalue weighted by atomic mass is 10.00. The van der Waals surface area contributed by atoms with E-state index < -0.39 is 0 Å². The van der Waals surface area contributed by atoms with E-state index in [0.29, 0.717) is 0 Å². The number of aliphatic hydroxyl groups excluding tert-OH is 1. The molecule has 0 spiro atoms. The monoisotopic (exact) mass is 268 g/mol. The minimum Gasteiger partial charge on any atom is -0.392 e. The summed E-state index contributed by atoms with van der Waals surface area (Å²) in [5, 5.41) is 12.2. The van der Waals surface area contributed by atoms with Gasteiger partial charge in [0.05, 0.1) is 6.61 Å². The largest absolute Gasteiger partial charge is 0.392 e. The van der Waals surface area contributed by atoms with Gasteiger partial charge in [-0.1, -0.05) is 54.1 Å². The first-order valence-corrected chi connectivity index (χ1v) is 6.54. The molecule has 3 rings (SSSR count). The standard InChI is InChI=1S/C17H13ClO/c18-17-4-2-1-3-16(17)15-8-7-13-9-12(11-19)5-6-14(13)10-15/h1-10,19H,11H2. The molecular weight excluding hydrogens is 256 g/mol. The van der Waals surface area contributed by atoms with Crippen molar-refractivity contribution in [1.29, 1.82) is 0 Å². The van der Waals surface area contributed by atoms with Crippen molar-refractivity contribution < 1.29 is 5.11 Å². The average molecular weight is 269 g/mol. The lowest BCUT2D eigenvalue weighted by Gasteiger charge is -2.07. The third-order valence-corrected chi connectivity index (χ3v) is 3.60. The molecule has 0 heterocycles. The van der Waals surface area contributed by atoms with Crippen LogP contribution in [0.3, 0.4) is 0 Å². The predicted molar refractivity (Wildman–Crippen MR) is 80.3 cm³/mol. The highest BCUT2D eigenvalue weighted by Crippen LogP contribution is 2.30. The van der Waals surface area contributed by atoms with Gasteiger partial charge in [-0.3, -0.25) is 0 Å². The second-order valence-corrected chi connectivity index (χ2v) is 4.94. The lowest BCUT2D eigenvalue weighted by molar-refractivity contribution is 0.282. The van der Waals surface area contributed by atoms with E-state index in [-0.39, 0.29) is 6.61 Å². The highest BCUT2D eigenvalue weighted by Gasteiger charge is 2.04. The van der Waals surface area contributed by atoms with Crippen molar-refractivity contribution in [1.82, 2.24) is 0 Å². The summed E-state index contributed by atoms with van der Waals surface area (Å²) in [7, 11) is 0. The maximum Gasteiger partial charge on any atom is 0.0682 e. The molecule has 0 fully saturated rings. The number of halogens is 1. The van der Waals surface area contributed by atoms with E-state index in [9.17, 15) is 0 Å². The van der Waals surface area contributed by atoms with Crippen LogP contribution < -0.4 is 0 Å². The summed E-state index contributed by atoms with van der Waals surface area (Å²) in [6.07, 6.45) is 0. The Bertz CT molecular complexity index is 734. The van der Waals surface area contributed by atoms with Gasteiger partial charge < -0.3 is 5.11 Å². The number of hydrogen-bond acceptors (Lipinski definition) is 1. The summed E-state index contributed by atoms with van der Waals surface area (Å²) in [6.45, 7) is 0.0716. The summed E-state index contributed by atoms with van der Waals surface area (Å²) >= 11 is 6.22. The molecule has 0 atom stereocenters. The molecule has 0 aliphatic carbocycles. The van der Waals surface area contributed by atoms with Crippen molar-refractivity contribution in [3.05, 3.63) is 71.2 Å². The molecule has 0 amide bonds. The van der Waals surface area contributed by atoms with Crippen molar-refractivity contribution >= 4 is 22.4 Å². The van der Waals surface area contributed by atoms with Crippen LogP contribution in [-0.4, -0.2) is 5.11 Å². The molecule has 1 N–H and O–H groups in total. The first kappa shape index (κ1) is 12.2. The molecule has 19 heavy (non-hydrogen) atoms. The molecule has 0 aliphatic rings. The molecule has 0 bridgehead atoms. The first-order chi connectivity index (χ1) is 9.28. The molecule has 0 aliphatic heterocycles. The van der Waals surface area contributed by atoms with Gasteiger partial charge in [-0.05, 0) is 40.1 Å². The number of hydrogen-bond donors (Lipinski definition) is 1. The van der Waals surface area contributed by atoms with Gasteiger partial charge in [0, 0.05) is 10.6 Å². The van der Waals surface area contributed by atoms with Crippen molar-refractivity contribution in [3.8, 4) is 11.1 Å². The van der Waals surface area contributed by atoms with E-state index in [1.54, 1.807) is 0 Å². The molecule has 1 nitrogen and oxygen atoms in total. The zero-order valence-electron chi connectivity index (χ0n) is 10.3. The molecule has 0 radical (unpaired) electrons. The van der Waals surface area contributed by atoms with Crippen LogP contribution in [0.15, 0.2) is 60.7 Å². The Hall–Kier alpha value is -1.83. The summed E-state index contributed by atoms with van der Waals surface area (Å²) in [4.78, 5) is 0. The molecule has 0 aromatic heterocycles. The Morgan fingerprint density at radius 2 is 1.58 bits per heavy atom. The summed E-state index contributed by atoms with van der Waals surface area (Å²) < 4.78 is 0. The quantitative estimate of drug-likeness (QED) is 0.717. The molecule has 0 saturated carbocycles. The second kappa shape index (κ2) is 5.04. The second-order valence-electron chi connectivity index (χ2n) is 4.53. The van der Waals surface area contributed by atoms with Crippen LogP contribution in [0.25, 0.3) is 21.9 Å². The Labute approximate surface area is 117 Å². The minimum atomic E-state index is 0.0716. The fourth-order valence-electron chi connectivity index (χ4n) is 2.26. The van der Waals surface area contributed by atoms with E-state index in [1.165, 1.54) is 0 Å². The van der Waals surface area contributed by atoms with Crippen LogP contribution in [0.1, 0.15) is 5.56 Å². The smallest absolute Gasteiger partial charge is 0.0682 e. The number of aliphatic hydroxyl groups is 1. The van der Waals surface area contributed by atoms with Crippen LogP contribution in [-0.2, 0) is 6.61 Å². The summed E-state index contributed by atoms with van der Waals surface area (Å²) in [5.74, 6) is 0. The van der Waals surface area contributed by atoms with Crippen LogP contribution in [0.2, 0.25) is 5.02 Å². The maximum absolute atomic E-state index is 9.15. The molecular formula is C17H13ClO.